The Balaban J connectivity index is 1.53. The predicted octanol–water partition coefficient (Wildman–Crippen LogP) is 2.50. The summed E-state index contributed by atoms with van der Waals surface area (Å²) in [5, 5.41) is 16.4. The molecule has 1 aliphatic heterocycles. The molecular formula is C17H26N6. The monoisotopic (exact) mass is 314 g/mol. The van der Waals surface area contributed by atoms with Crippen LogP contribution in [0.25, 0.3) is 5.82 Å². The second-order valence-corrected chi connectivity index (χ2v) is 6.79. The summed E-state index contributed by atoms with van der Waals surface area (Å²) >= 11 is 0. The molecule has 124 valence electrons. The molecule has 3 heterocycles. The van der Waals surface area contributed by atoms with Crippen molar-refractivity contribution in [2.24, 2.45) is 5.92 Å². The van der Waals surface area contributed by atoms with Crippen LogP contribution in [-0.4, -0.2) is 50.6 Å². The fourth-order valence-corrected chi connectivity index (χ4v) is 3.05. The van der Waals surface area contributed by atoms with E-state index in [2.05, 4.69) is 39.4 Å². The van der Waals surface area contributed by atoms with Gasteiger partial charge in [0, 0.05) is 31.9 Å². The fraction of sp³-hybridized carbons (Fsp3) is 0.588. The molecule has 3 rings (SSSR count). The average Bonchev–Trinajstić information content (AvgIpc) is 2.96. The summed E-state index contributed by atoms with van der Waals surface area (Å²) < 4.78 is 1.75. The van der Waals surface area contributed by atoms with E-state index in [1.165, 1.54) is 6.54 Å². The van der Waals surface area contributed by atoms with Crippen molar-refractivity contribution in [3.63, 3.8) is 0 Å². The van der Waals surface area contributed by atoms with Gasteiger partial charge in [-0.15, -0.1) is 10.2 Å². The normalized spacial score (nSPS) is 16.9. The van der Waals surface area contributed by atoms with E-state index in [4.69, 9.17) is 0 Å². The van der Waals surface area contributed by atoms with Crippen molar-refractivity contribution >= 4 is 5.82 Å². The minimum atomic E-state index is 0.491. The van der Waals surface area contributed by atoms with Crippen LogP contribution in [0.2, 0.25) is 0 Å². The standard InChI is InChI=1S/C17H26N6/c1-13(2)12-22-9-7-15(8-10-22)18-16-4-5-17(20-19-16)23-11-6-14(3)21-23/h4-6,11,13,15H,7-10,12H2,1-3H3,(H,18,19). The first-order valence-electron chi connectivity index (χ1n) is 8.45. The van der Waals surface area contributed by atoms with Gasteiger partial charge >= 0.3 is 0 Å². The molecule has 0 radical (unpaired) electrons. The summed E-state index contributed by atoms with van der Waals surface area (Å²) in [6, 6.07) is 6.39. The molecule has 6 heteroatoms. The topological polar surface area (TPSA) is 58.9 Å². The molecule has 2 aromatic rings. The quantitative estimate of drug-likeness (QED) is 0.919. The number of nitrogens with one attached hydrogen (secondary N) is 1. The van der Waals surface area contributed by atoms with Crippen LogP contribution in [0, 0.1) is 12.8 Å². The van der Waals surface area contributed by atoms with Crippen LogP contribution < -0.4 is 5.32 Å². The van der Waals surface area contributed by atoms with Gasteiger partial charge in [-0.2, -0.15) is 5.10 Å². The molecule has 0 spiro atoms. The van der Waals surface area contributed by atoms with Crippen LogP contribution in [0.1, 0.15) is 32.4 Å². The highest BCUT2D eigenvalue weighted by Crippen LogP contribution is 2.16. The molecule has 1 N–H and O–H groups in total. The van der Waals surface area contributed by atoms with E-state index in [-0.39, 0.29) is 0 Å². The second kappa shape index (κ2) is 7.08. The van der Waals surface area contributed by atoms with Gasteiger partial charge in [-0.05, 0) is 43.9 Å². The Bertz CT molecular complexity index is 610. The largest absolute Gasteiger partial charge is 0.366 e. The molecule has 1 saturated heterocycles. The molecular weight excluding hydrogens is 288 g/mol. The summed E-state index contributed by atoms with van der Waals surface area (Å²) in [7, 11) is 0. The summed E-state index contributed by atoms with van der Waals surface area (Å²) in [6.45, 7) is 10.0. The summed E-state index contributed by atoms with van der Waals surface area (Å²) in [6.07, 6.45) is 4.22. The van der Waals surface area contributed by atoms with Gasteiger partial charge in [0.05, 0.1) is 5.69 Å². The first-order chi connectivity index (χ1) is 11.1. The Kier molecular flexibility index (Phi) is 4.91. The van der Waals surface area contributed by atoms with Gasteiger partial charge in [0.25, 0.3) is 0 Å². The molecule has 0 unspecified atom stereocenters. The number of anilines is 1. The van der Waals surface area contributed by atoms with Crippen molar-refractivity contribution in [2.45, 2.75) is 39.7 Å². The molecule has 0 amide bonds. The number of nitrogens with zero attached hydrogens (tertiary/aromatic N) is 5. The first-order valence-corrected chi connectivity index (χ1v) is 8.45. The molecule has 1 fully saturated rings. The van der Waals surface area contributed by atoms with Crippen molar-refractivity contribution in [2.75, 3.05) is 25.0 Å². The van der Waals surface area contributed by atoms with Gasteiger partial charge in [-0.1, -0.05) is 13.8 Å². The lowest BCUT2D eigenvalue weighted by Crippen LogP contribution is -2.40. The van der Waals surface area contributed by atoms with E-state index in [0.717, 1.165) is 49.2 Å². The highest BCUT2D eigenvalue weighted by Gasteiger charge is 2.19. The Labute approximate surface area is 137 Å². The van der Waals surface area contributed by atoms with E-state index in [0.29, 0.717) is 6.04 Å². The minimum Gasteiger partial charge on any atom is -0.366 e. The molecule has 2 aromatic heterocycles. The van der Waals surface area contributed by atoms with Gasteiger partial charge in [-0.3, -0.25) is 0 Å². The molecule has 6 nitrogen and oxygen atoms in total. The Hall–Kier alpha value is -1.95. The van der Waals surface area contributed by atoms with Crippen LogP contribution in [0.15, 0.2) is 24.4 Å². The van der Waals surface area contributed by atoms with Crippen LogP contribution in [0.3, 0.4) is 0 Å². The van der Waals surface area contributed by atoms with Gasteiger partial charge in [0.15, 0.2) is 5.82 Å². The third-order valence-electron chi connectivity index (χ3n) is 4.17. The van der Waals surface area contributed by atoms with E-state index >= 15 is 0 Å². The van der Waals surface area contributed by atoms with E-state index in [1.807, 2.05) is 31.3 Å². The molecule has 0 atom stereocenters. The van der Waals surface area contributed by atoms with E-state index < -0.39 is 0 Å². The van der Waals surface area contributed by atoms with Crippen LogP contribution in [0.4, 0.5) is 5.82 Å². The molecule has 0 bridgehead atoms. The third-order valence-corrected chi connectivity index (χ3v) is 4.17. The van der Waals surface area contributed by atoms with Crippen molar-refractivity contribution in [1.29, 1.82) is 0 Å². The van der Waals surface area contributed by atoms with Crippen LogP contribution in [0.5, 0.6) is 0 Å². The van der Waals surface area contributed by atoms with Gasteiger partial charge in [-0.25, -0.2) is 4.68 Å². The molecule has 0 saturated carbocycles. The van der Waals surface area contributed by atoms with E-state index in [9.17, 15) is 0 Å². The maximum atomic E-state index is 4.35. The van der Waals surface area contributed by atoms with Crippen LogP contribution >= 0.6 is 0 Å². The molecule has 23 heavy (non-hydrogen) atoms. The first kappa shape index (κ1) is 15.9. The number of piperidine rings is 1. The highest BCUT2D eigenvalue weighted by molar-refractivity contribution is 5.37. The number of aromatic nitrogens is 4. The Morgan fingerprint density at radius 2 is 1.96 bits per heavy atom. The number of hydrogen-bond donors (Lipinski definition) is 1. The number of hydrogen-bond acceptors (Lipinski definition) is 5. The number of likely N-dealkylation sites (tertiary alicyclic amines) is 1. The maximum Gasteiger partial charge on any atom is 0.175 e. The van der Waals surface area contributed by atoms with Gasteiger partial charge in [0.1, 0.15) is 5.82 Å². The minimum absolute atomic E-state index is 0.491. The van der Waals surface area contributed by atoms with Crippen molar-refractivity contribution < 1.29 is 0 Å². The predicted molar refractivity (Wildman–Crippen MR) is 91.8 cm³/mol. The maximum absolute atomic E-state index is 4.35. The lowest BCUT2D eigenvalue weighted by molar-refractivity contribution is 0.198. The zero-order chi connectivity index (χ0) is 16.2. The number of aryl methyl sites for hydroxylation is 1. The zero-order valence-electron chi connectivity index (χ0n) is 14.2. The summed E-state index contributed by atoms with van der Waals surface area (Å²) in [5.74, 6) is 2.33. The Morgan fingerprint density at radius 1 is 1.17 bits per heavy atom. The molecule has 0 aliphatic carbocycles. The highest BCUT2D eigenvalue weighted by atomic mass is 15.3. The SMILES string of the molecule is Cc1ccn(-c2ccc(NC3CCN(CC(C)C)CC3)nn2)n1. The number of rotatable bonds is 5. The summed E-state index contributed by atoms with van der Waals surface area (Å²) in [5.41, 5.74) is 0.974. The van der Waals surface area contributed by atoms with Crippen molar-refractivity contribution in [3.05, 3.63) is 30.1 Å². The molecule has 0 aromatic carbocycles. The lowest BCUT2D eigenvalue weighted by Gasteiger charge is -2.33. The van der Waals surface area contributed by atoms with Crippen LogP contribution in [-0.2, 0) is 0 Å². The zero-order valence-corrected chi connectivity index (χ0v) is 14.2. The van der Waals surface area contributed by atoms with Crippen molar-refractivity contribution in [3.8, 4) is 5.82 Å². The fourth-order valence-electron chi connectivity index (χ4n) is 3.05. The Morgan fingerprint density at radius 3 is 2.52 bits per heavy atom. The molecule has 1 aliphatic rings. The average molecular weight is 314 g/mol. The van der Waals surface area contributed by atoms with Gasteiger partial charge < -0.3 is 10.2 Å². The van der Waals surface area contributed by atoms with E-state index in [1.54, 1.807) is 4.68 Å². The second-order valence-electron chi connectivity index (χ2n) is 6.79. The smallest absolute Gasteiger partial charge is 0.175 e. The van der Waals surface area contributed by atoms with Gasteiger partial charge in [0.2, 0.25) is 0 Å². The summed E-state index contributed by atoms with van der Waals surface area (Å²) in [4.78, 5) is 2.55. The third kappa shape index (κ3) is 4.28. The lowest BCUT2D eigenvalue weighted by atomic mass is 10.0. The van der Waals surface area contributed by atoms with Crippen molar-refractivity contribution in [1.82, 2.24) is 24.9 Å².